The van der Waals surface area contributed by atoms with Crippen LogP contribution in [0.1, 0.15) is 142 Å². The molecule has 1 nitrogen and oxygen atoms in total. The molecule has 0 aliphatic carbocycles. The second kappa shape index (κ2) is 23.6. The molecule has 0 aliphatic rings. The lowest BCUT2D eigenvalue weighted by Crippen LogP contribution is -3.00. The van der Waals surface area contributed by atoms with E-state index < -0.39 is 0 Å². The number of nitrogens with zero attached hydrogens (tertiary/aromatic N) is 1. The summed E-state index contributed by atoms with van der Waals surface area (Å²) in [5, 5.41) is 0. The van der Waals surface area contributed by atoms with E-state index in [9.17, 15) is 0 Å². The quantitative estimate of drug-likeness (QED) is 0.100. The fraction of sp³-hybridized carbons (Fsp3) is 0.758. The van der Waals surface area contributed by atoms with Crippen LogP contribution < -0.4 is 12.4 Å². The zero-order chi connectivity index (χ0) is 24.7. The van der Waals surface area contributed by atoms with Gasteiger partial charge in [0.05, 0.1) is 19.6 Å². The third kappa shape index (κ3) is 17.3. The minimum absolute atomic E-state index is 0. The van der Waals surface area contributed by atoms with Crippen molar-refractivity contribution in [3.8, 4) is 0 Å². The molecule has 1 aromatic carbocycles. The first-order valence-corrected chi connectivity index (χ1v) is 15.3. The van der Waals surface area contributed by atoms with Crippen LogP contribution in [0.25, 0.3) is 5.57 Å². The highest BCUT2D eigenvalue weighted by atomic mass is 35.5. The zero-order valence-electron chi connectivity index (χ0n) is 24.0. The van der Waals surface area contributed by atoms with Gasteiger partial charge in [0, 0.05) is 5.57 Å². The van der Waals surface area contributed by atoms with Crippen molar-refractivity contribution in [2.75, 3.05) is 26.2 Å². The number of hydrogen-bond donors (Lipinski definition) is 0. The number of quaternary nitrogens is 1. The molecular weight excluding hydrogens is 446 g/mol. The Morgan fingerprint density at radius 2 is 0.886 bits per heavy atom. The number of unbranched alkanes of at least 4 members (excludes halogenated alkanes) is 15. The Kier molecular flexibility index (Phi) is 23.1. The molecule has 0 unspecified atom stereocenters. The predicted octanol–water partition coefficient (Wildman–Crippen LogP) is 7.60. The van der Waals surface area contributed by atoms with E-state index in [0.29, 0.717) is 0 Å². The second-order valence-electron chi connectivity index (χ2n) is 10.9. The highest BCUT2D eigenvalue weighted by Crippen LogP contribution is 2.24. The maximum absolute atomic E-state index is 4.60. The summed E-state index contributed by atoms with van der Waals surface area (Å²) in [5.74, 6) is 0. The Labute approximate surface area is 227 Å². The van der Waals surface area contributed by atoms with Gasteiger partial charge in [-0.2, -0.15) is 0 Å². The molecule has 1 aromatic rings. The van der Waals surface area contributed by atoms with Crippen LogP contribution in [-0.4, -0.2) is 30.7 Å². The van der Waals surface area contributed by atoms with Crippen molar-refractivity contribution in [2.24, 2.45) is 0 Å². The van der Waals surface area contributed by atoms with Gasteiger partial charge in [-0.1, -0.05) is 135 Å². The van der Waals surface area contributed by atoms with E-state index in [1.165, 1.54) is 151 Å². The summed E-state index contributed by atoms with van der Waals surface area (Å²) in [5.41, 5.74) is 2.70. The number of halogens is 1. The molecule has 0 bridgehead atoms. The summed E-state index contributed by atoms with van der Waals surface area (Å²) in [6.07, 6.45) is 25.1. The molecule has 0 aliphatic heterocycles. The Morgan fingerprint density at radius 1 is 0.543 bits per heavy atom. The van der Waals surface area contributed by atoms with Crippen molar-refractivity contribution >= 4 is 5.57 Å². The third-order valence-electron chi connectivity index (χ3n) is 7.67. The van der Waals surface area contributed by atoms with E-state index in [2.05, 4.69) is 57.7 Å². The molecule has 0 spiro atoms. The van der Waals surface area contributed by atoms with E-state index in [1.807, 2.05) is 0 Å². The molecule has 0 amide bonds. The van der Waals surface area contributed by atoms with E-state index in [0.717, 1.165) is 6.54 Å². The van der Waals surface area contributed by atoms with E-state index >= 15 is 0 Å². The second-order valence-corrected chi connectivity index (χ2v) is 10.9. The molecular formula is C33H60ClN. The third-order valence-corrected chi connectivity index (χ3v) is 7.67. The van der Waals surface area contributed by atoms with Crippen LogP contribution in [0.15, 0.2) is 36.9 Å². The zero-order valence-corrected chi connectivity index (χ0v) is 24.7. The lowest BCUT2D eigenvalue weighted by atomic mass is 10.0. The maximum Gasteiger partial charge on any atom is 0.104 e. The van der Waals surface area contributed by atoms with Crippen LogP contribution in [0.3, 0.4) is 0 Å². The van der Waals surface area contributed by atoms with Crippen molar-refractivity contribution in [3.63, 3.8) is 0 Å². The monoisotopic (exact) mass is 505 g/mol. The van der Waals surface area contributed by atoms with Crippen LogP contribution in [0.4, 0.5) is 0 Å². The summed E-state index contributed by atoms with van der Waals surface area (Å²) >= 11 is 0. The SMILES string of the molecule is C=C(C[N+](CCCCCCCC)(CCCCCCCC)CCCCCCCC)c1ccccc1.[Cl-]. The number of benzene rings is 1. The first-order valence-electron chi connectivity index (χ1n) is 15.3. The highest BCUT2D eigenvalue weighted by Gasteiger charge is 2.27. The number of hydrogen-bond acceptors (Lipinski definition) is 0. The molecule has 35 heavy (non-hydrogen) atoms. The van der Waals surface area contributed by atoms with Gasteiger partial charge < -0.3 is 16.9 Å². The van der Waals surface area contributed by atoms with Crippen molar-refractivity contribution in [1.82, 2.24) is 0 Å². The average Bonchev–Trinajstić information content (AvgIpc) is 2.86. The molecule has 0 atom stereocenters. The Morgan fingerprint density at radius 3 is 1.26 bits per heavy atom. The minimum atomic E-state index is 0. The van der Waals surface area contributed by atoms with Gasteiger partial charge in [0.25, 0.3) is 0 Å². The van der Waals surface area contributed by atoms with Gasteiger partial charge in [-0.05, 0) is 44.1 Å². The average molecular weight is 506 g/mol. The van der Waals surface area contributed by atoms with Crippen molar-refractivity contribution in [1.29, 1.82) is 0 Å². The summed E-state index contributed by atoms with van der Waals surface area (Å²) in [7, 11) is 0. The molecule has 0 heterocycles. The van der Waals surface area contributed by atoms with Gasteiger partial charge in [0.2, 0.25) is 0 Å². The van der Waals surface area contributed by atoms with Gasteiger partial charge in [0.1, 0.15) is 6.54 Å². The summed E-state index contributed by atoms with van der Waals surface area (Å²) in [6, 6.07) is 11.0. The van der Waals surface area contributed by atoms with Crippen LogP contribution in [0, 0.1) is 0 Å². The molecule has 0 fully saturated rings. The number of rotatable bonds is 24. The minimum Gasteiger partial charge on any atom is -1.00 e. The molecule has 0 saturated heterocycles. The smallest absolute Gasteiger partial charge is 0.104 e. The Bertz CT molecular complexity index is 541. The topological polar surface area (TPSA) is 0 Å². The molecule has 1 rings (SSSR count). The van der Waals surface area contributed by atoms with Gasteiger partial charge in [-0.15, -0.1) is 0 Å². The van der Waals surface area contributed by atoms with Crippen molar-refractivity contribution in [2.45, 2.75) is 136 Å². The van der Waals surface area contributed by atoms with Crippen LogP contribution in [0.5, 0.6) is 0 Å². The fourth-order valence-electron chi connectivity index (χ4n) is 5.43. The largest absolute Gasteiger partial charge is 1.00 e. The van der Waals surface area contributed by atoms with E-state index in [-0.39, 0.29) is 12.4 Å². The molecule has 0 saturated carbocycles. The summed E-state index contributed by atoms with van der Waals surface area (Å²) < 4.78 is 1.28. The first-order chi connectivity index (χ1) is 16.7. The highest BCUT2D eigenvalue weighted by molar-refractivity contribution is 5.63. The standard InChI is InChI=1S/C33H60N.ClH/c1-5-8-11-14-17-23-28-34(29-24-18-15-12-9-6-2,30-25-19-16-13-10-7-3)31-32(4)33-26-21-20-22-27-33;/h20-22,26-27H,4-19,23-25,28-31H2,1-3H3;1H/q+1;/p-1. The fourth-order valence-corrected chi connectivity index (χ4v) is 5.43. The van der Waals surface area contributed by atoms with Gasteiger partial charge in [-0.3, -0.25) is 0 Å². The summed E-state index contributed by atoms with van der Waals surface area (Å²) in [6.45, 7) is 16.7. The normalized spacial score (nSPS) is 11.4. The van der Waals surface area contributed by atoms with E-state index in [1.54, 1.807) is 0 Å². The molecule has 0 radical (unpaired) electrons. The molecule has 204 valence electrons. The molecule has 0 N–H and O–H groups in total. The first kappa shape index (κ1) is 34.2. The lowest BCUT2D eigenvalue weighted by Gasteiger charge is -2.40. The van der Waals surface area contributed by atoms with Gasteiger partial charge in [0.15, 0.2) is 0 Å². The Hall–Kier alpha value is -0.790. The Balaban J connectivity index is 0.0000116. The van der Waals surface area contributed by atoms with Crippen LogP contribution >= 0.6 is 0 Å². The molecule has 2 heteroatoms. The van der Waals surface area contributed by atoms with Crippen molar-refractivity contribution < 1.29 is 16.9 Å². The van der Waals surface area contributed by atoms with Crippen molar-refractivity contribution in [3.05, 3.63) is 42.5 Å². The van der Waals surface area contributed by atoms with Gasteiger partial charge >= 0.3 is 0 Å². The van der Waals surface area contributed by atoms with Crippen LogP contribution in [0.2, 0.25) is 0 Å². The lowest BCUT2D eigenvalue weighted by molar-refractivity contribution is -0.922. The van der Waals surface area contributed by atoms with Crippen LogP contribution in [-0.2, 0) is 0 Å². The predicted molar refractivity (Wildman–Crippen MR) is 155 cm³/mol. The van der Waals surface area contributed by atoms with Gasteiger partial charge in [-0.25, -0.2) is 0 Å². The van der Waals surface area contributed by atoms with E-state index in [4.69, 9.17) is 0 Å². The molecule has 0 aromatic heterocycles. The maximum atomic E-state index is 4.60. The summed E-state index contributed by atoms with van der Waals surface area (Å²) in [4.78, 5) is 0.